The third-order valence-electron chi connectivity index (χ3n) is 6.36. The molecule has 3 unspecified atom stereocenters. The van der Waals surface area contributed by atoms with Gasteiger partial charge in [0.1, 0.15) is 5.69 Å². The summed E-state index contributed by atoms with van der Waals surface area (Å²) in [5.74, 6) is 0.789. The number of aryl methyl sites for hydroxylation is 2. The Morgan fingerprint density at radius 2 is 1.97 bits per heavy atom. The van der Waals surface area contributed by atoms with Crippen LogP contribution in [0.5, 0.6) is 0 Å². The van der Waals surface area contributed by atoms with Gasteiger partial charge in [0.2, 0.25) is 0 Å². The molecular weight excluding hydrogens is 442 g/mol. The van der Waals surface area contributed by atoms with Crippen molar-refractivity contribution in [3.05, 3.63) is 75.4 Å². The zero-order chi connectivity index (χ0) is 22.4. The second-order valence-electron chi connectivity index (χ2n) is 8.68. The number of nitrogens with zero attached hydrogens (tertiary/aromatic N) is 2. The van der Waals surface area contributed by atoms with E-state index >= 15 is 0 Å². The van der Waals surface area contributed by atoms with Gasteiger partial charge in [-0.3, -0.25) is 9.59 Å². The number of thiazole rings is 1. The molecule has 1 aliphatic carbocycles. The van der Waals surface area contributed by atoms with Crippen LogP contribution in [0.1, 0.15) is 37.8 Å². The molecule has 1 N–H and O–H groups in total. The van der Waals surface area contributed by atoms with Crippen LogP contribution < -0.4 is 5.32 Å². The van der Waals surface area contributed by atoms with Crippen LogP contribution in [0.2, 0.25) is 5.02 Å². The van der Waals surface area contributed by atoms with Gasteiger partial charge in [0.25, 0.3) is 11.8 Å². The minimum atomic E-state index is -0.150. The number of amides is 2. The molecule has 2 amide bonds. The molecule has 3 aromatic rings. The lowest BCUT2D eigenvalue weighted by atomic mass is 10.1. The fourth-order valence-corrected chi connectivity index (χ4v) is 5.69. The molecule has 5 nitrogen and oxygen atoms in total. The zero-order valence-electron chi connectivity index (χ0n) is 18.0. The standard InChI is InChI=1S/C25H24ClN3O2S/c1-14-4-3-5-17(10-14)23-22(28-15(2)32-23)25(31)29-13-18-11-20(18)21(29)12-27-24(30)16-6-8-19(26)9-7-16/h3-10,18,20-21H,11-13H2,1-2H3,(H,27,30). The highest BCUT2D eigenvalue weighted by atomic mass is 35.5. The van der Waals surface area contributed by atoms with Crippen molar-refractivity contribution >= 4 is 34.8 Å². The molecule has 1 aliphatic heterocycles. The first-order valence-electron chi connectivity index (χ1n) is 10.8. The lowest BCUT2D eigenvalue weighted by molar-refractivity contribution is 0.0690. The molecule has 0 spiro atoms. The molecule has 3 atom stereocenters. The van der Waals surface area contributed by atoms with E-state index < -0.39 is 0 Å². The Bertz CT molecular complexity index is 1190. The van der Waals surface area contributed by atoms with Crippen molar-refractivity contribution in [3.8, 4) is 10.4 Å². The Morgan fingerprint density at radius 3 is 2.72 bits per heavy atom. The highest BCUT2D eigenvalue weighted by molar-refractivity contribution is 7.15. The second kappa shape index (κ2) is 8.34. The van der Waals surface area contributed by atoms with Crippen LogP contribution in [0.25, 0.3) is 10.4 Å². The van der Waals surface area contributed by atoms with Crippen LogP contribution in [-0.4, -0.2) is 40.8 Å². The summed E-state index contributed by atoms with van der Waals surface area (Å²) in [6.07, 6.45) is 1.12. The maximum absolute atomic E-state index is 13.6. The van der Waals surface area contributed by atoms with Gasteiger partial charge in [0.15, 0.2) is 0 Å². The van der Waals surface area contributed by atoms with E-state index in [1.807, 2.05) is 36.9 Å². The highest BCUT2D eigenvalue weighted by Crippen LogP contribution is 2.50. The van der Waals surface area contributed by atoms with Crippen LogP contribution in [0.15, 0.2) is 48.5 Å². The average molecular weight is 466 g/mol. The number of rotatable bonds is 5. The lowest BCUT2D eigenvalue weighted by Gasteiger charge is -2.27. The minimum Gasteiger partial charge on any atom is -0.350 e. The number of piperidine rings is 1. The van der Waals surface area contributed by atoms with E-state index in [0.717, 1.165) is 34.0 Å². The highest BCUT2D eigenvalue weighted by Gasteiger charge is 2.54. The van der Waals surface area contributed by atoms with Crippen LogP contribution in [-0.2, 0) is 0 Å². The van der Waals surface area contributed by atoms with Crippen molar-refractivity contribution in [2.24, 2.45) is 11.8 Å². The molecule has 7 heteroatoms. The van der Waals surface area contributed by atoms with Gasteiger partial charge in [-0.2, -0.15) is 0 Å². The van der Waals surface area contributed by atoms with Crippen LogP contribution in [0, 0.1) is 25.7 Å². The largest absolute Gasteiger partial charge is 0.350 e. The quantitative estimate of drug-likeness (QED) is 0.578. The molecule has 1 saturated carbocycles. The smallest absolute Gasteiger partial charge is 0.274 e. The van der Waals surface area contributed by atoms with E-state index in [0.29, 0.717) is 34.7 Å². The van der Waals surface area contributed by atoms with Gasteiger partial charge in [-0.25, -0.2) is 4.98 Å². The van der Waals surface area contributed by atoms with E-state index in [1.54, 1.807) is 35.6 Å². The van der Waals surface area contributed by atoms with E-state index in [9.17, 15) is 9.59 Å². The number of hydrogen-bond acceptors (Lipinski definition) is 4. The number of carbonyl (C=O) groups is 2. The van der Waals surface area contributed by atoms with E-state index in [2.05, 4.69) is 16.4 Å². The van der Waals surface area contributed by atoms with Crippen molar-refractivity contribution < 1.29 is 9.59 Å². The molecule has 5 rings (SSSR count). The summed E-state index contributed by atoms with van der Waals surface area (Å²) < 4.78 is 0. The molecule has 2 heterocycles. The summed E-state index contributed by atoms with van der Waals surface area (Å²) in [5, 5.41) is 4.49. The summed E-state index contributed by atoms with van der Waals surface area (Å²) in [6, 6.07) is 15.0. The number of aromatic nitrogens is 1. The topological polar surface area (TPSA) is 62.3 Å². The van der Waals surface area contributed by atoms with Crippen molar-refractivity contribution in [1.29, 1.82) is 0 Å². The zero-order valence-corrected chi connectivity index (χ0v) is 19.5. The number of nitrogens with one attached hydrogen (secondary N) is 1. The molecule has 2 fully saturated rings. The maximum atomic E-state index is 13.6. The molecule has 32 heavy (non-hydrogen) atoms. The van der Waals surface area contributed by atoms with Gasteiger partial charge in [0.05, 0.1) is 15.9 Å². The third kappa shape index (κ3) is 4.05. The average Bonchev–Trinajstić information content (AvgIpc) is 3.29. The van der Waals surface area contributed by atoms with Crippen molar-refractivity contribution in [1.82, 2.24) is 15.2 Å². The second-order valence-corrected chi connectivity index (χ2v) is 10.3. The monoisotopic (exact) mass is 465 g/mol. The fourth-order valence-electron chi connectivity index (χ4n) is 4.66. The Labute approximate surface area is 196 Å². The molecule has 1 aromatic heterocycles. The van der Waals surface area contributed by atoms with Gasteiger partial charge < -0.3 is 10.2 Å². The Kier molecular flexibility index (Phi) is 5.51. The molecule has 2 aromatic carbocycles. The van der Waals surface area contributed by atoms with Gasteiger partial charge >= 0.3 is 0 Å². The third-order valence-corrected chi connectivity index (χ3v) is 7.63. The molecule has 0 bridgehead atoms. The van der Waals surface area contributed by atoms with Crippen LogP contribution in [0.4, 0.5) is 0 Å². The summed E-state index contributed by atoms with van der Waals surface area (Å²) >= 11 is 7.47. The first-order valence-corrected chi connectivity index (χ1v) is 12.0. The van der Waals surface area contributed by atoms with E-state index in [1.165, 1.54) is 0 Å². The van der Waals surface area contributed by atoms with Crippen molar-refractivity contribution in [2.75, 3.05) is 13.1 Å². The predicted octanol–water partition coefficient (Wildman–Crippen LogP) is 4.97. The first kappa shape index (κ1) is 21.2. The molecular formula is C25H24ClN3O2S. The number of fused-ring (bicyclic) bond motifs is 1. The molecule has 0 radical (unpaired) electrons. The van der Waals surface area contributed by atoms with Gasteiger partial charge in [-0.05, 0) is 61.9 Å². The summed E-state index contributed by atoms with van der Waals surface area (Å²) in [5.41, 5.74) is 3.26. The fraction of sp³-hybridized carbons (Fsp3) is 0.320. The Morgan fingerprint density at radius 1 is 1.19 bits per heavy atom. The number of likely N-dealkylation sites (tertiary alicyclic amines) is 1. The number of benzene rings is 2. The summed E-state index contributed by atoms with van der Waals surface area (Å²) in [4.78, 5) is 33.7. The summed E-state index contributed by atoms with van der Waals surface area (Å²) in [7, 11) is 0. The van der Waals surface area contributed by atoms with Crippen molar-refractivity contribution in [2.45, 2.75) is 26.3 Å². The first-order chi connectivity index (χ1) is 15.4. The van der Waals surface area contributed by atoms with E-state index in [-0.39, 0.29) is 17.9 Å². The van der Waals surface area contributed by atoms with Crippen LogP contribution >= 0.6 is 22.9 Å². The number of carbonyl (C=O) groups excluding carboxylic acids is 2. The Balaban J connectivity index is 1.35. The van der Waals surface area contributed by atoms with E-state index in [4.69, 9.17) is 11.6 Å². The molecule has 2 aliphatic rings. The predicted molar refractivity (Wildman–Crippen MR) is 127 cm³/mol. The number of halogens is 1. The van der Waals surface area contributed by atoms with Gasteiger partial charge in [-0.15, -0.1) is 11.3 Å². The van der Waals surface area contributed by atoms with Crippen molar-refractivity contribution in [3.63, 3.8) is 0 Å². The summed E-state index contributed by atoms with van der Waals surface area (Å²) in [6.45, 7) is 5.16. The SMILES string of the molecule is Cc1cccc(-c2sc(C)nc2C(=O)N2CC3CC3C2CNC(=O)c2ccc(Cl)cc2)c1. The van der Waals surface area contributed by atoms with Crippen LogP contribution in [0.3, 0.4) is 0 Å². The minimum absolute atomic E-state index is 0.00360. The lowest BCUT2D eigenvalue weighted by Crippen LogP contribution is -2.45. The normalized spacial score (nSPS) is 21.3. The van der Waals surface area contributed by atoms with Gasteiger partial charge in [-0.1, -0.05) is 41.4 Å². The number of hydrogen-bond donors (Lipinski definition) is 1. The molecule has 1 saturated heterocycles. The molecule has 164 valence electrons. The Hall–Kier alpha value is -2.70. The van der Waals surface area contributed by atoms with Gasteiger partial charge in [0, 0.05) is 23.7 Å². The maximum Gasteiger partial charge on any atom is 0.274 e.